The summed E-state index contributed by atoms with van der Waals surface area (Å²) >= 11 is 0. The molecule has 0 bridgehead atoms. The van der Waals surface area contributed by atoms with Crippen molar-refractivity contribution in [3.05, 3.63) is 35.9 Å². The van der Waals surface area contributed by atoms with E-state index in [1.807, 2.05) is 18.2 Å². The number of nitrogens with zero attached hydrogens (tertiary/aromatic N) is 3. The predicted octanol–water partition coefficient (Wildman–Crippen LogP) is 2.54. The lowest BCUT2D eigenvalue weighted by Crippen LogP contribution is -2.61. The van der Waals surface area contributed by atoms with Gasteiger partial charge in [0.1, 0.15) is 5.54 Å². The number of carbonyl (C=O) groups is 2. The van der Waals surface area contributed by atoms with Crippen molar-refractivity contribution in [3.63, 3.8) is 0 Å². The molecule has 1 aromatic rings. The van der Waals surface area contributed by atoms with Gasteiger partial charge in [-0.2, -0.15) is 5.26 Å². The van der Waals surface area contributed by atoms with Gasteiger partial charge in [-0.3, -0.25) is 4.79 Å². The van der Waals surface area contributed by atoms with Gasteiger partial charge in [-0.25, -0.2) is 4.79 Å². The minimum absolute atomic E-state index is 0.149. The van der Waals surface area contributed by atoms with Gasteiger partial charge in [-0.15, -0.1) is 0 Å². The number of ether oxygens (including phenoxy) is 1. The molecule has 0 aliphatic carbocycles. The third-order valence-electron chi connectivity index (χ3n) is 6.93. The van der Waals surface area contributed by atoms with E-state index in [9.17, 15) is 14.9 Å². The number of piperidine rings is 1. The number of nitriles is 1. The topological polar surface area (TPSA) is 112 Å². The summed E-state index contributed by atoms with van der Waals surface area (Å²) in [6.07, 6.45) is 2.67. The number of primary amides is 1. The van der Waals surface area contributed by atoms with Crippen LogP contribution in [0.25, 0.3) is 0 Å². The molecule has 8 heteroatoms. The van der Waals surface area contributed by atoms with E-state index in [1.54, 1.807) is 4.90 Å². The summed E-state index contributed by atoms with van der Waals surface area (Å²) < 4.78 is 5.63. The molecular formula is C26H39N5O3. The standard InChI is InChI=1S/C26H39N5O3/c1-25(2,3)17-21(22-18-34-16-15-31(22)24(28)33)23(32)29-26(19-27)10-13-30(14-11-26)12-9-20-7-5-4-6-8-20/h4-8,21-22H,9-18H2,1-3H3,(H2,28,33)(H,29,32). The van der Waals surface area contributed by atoms with Gasteiger partial charge in [0.05, 0.1) is 31.2 Å². The maximum absolute atomic E-state index is 13.6. The molecule has 2 aliphatic rings. The second-order valence-electron chi connectivity index (χ2n) is 10.8. The zero-order valence-electron chi connectivity index (χ0n) is 20.8. The Balaban J connectivity index is 1.66. The largest absolute Gasteiger partial charge is 0.377 e. The summed E-state index contributed by atoms with van der Waals surface area (Å²) in [5, 5.41) is 13.2. The summed E-state index contributed by atoms with van der Waals surface area (Å²) in [5.41, 5.74) is 5.87. The summed E-state index contributed by atoms with van der Waals surface area (Å²) in [6.45, 7) is 9.68. The average Bonchev–Trinajstić information content (AvgIpc) is 2.82. The van der Waals surface area contributed by atoms with Gasteiger partial charge in [0.2, 0.25) is 5.91 Å². The first-order chi connectivity index (χ1) is 16.1. The zero-order valence-corrected chi connectivity index (χ0v) is 20.8. The normalized spacial score (nSPS) is 21.9. The smallest absolute Gasteiger partial charge is 0.315 e. The molecule has 2 aliphatic heterocycles. The molecule has 2 atom stereocenters. The Bertz CT molecular complexity index is 869. The van der Waals surface area contributed by atoms with Gasteiger partial charge in [0.25, 0.3) is 0 Å². The number of rotatable bonds is 7. The number of morpholine rings is 1. The fraction of sp³-hybridized carbons (Fsp3) is 0.654. The van der Waals surface area contributed by atoms with E-state index in [0.29, 0.717) is 32.4 Å². The highest BCUT2D eigenvalue weighted by molar-refractivity contribution is 5.82. The molecule has 0 saturated carbocycles. The van der Waals surface area contributed by atoms with E-state index in [4.69, 9.17) is 10.5 Å². The molecule has 0 aromatic heterocycles. The minimum atomic E-state index is -0.899. The second-order valence-corrected chi connectivity index (χ2v) is 10.8. The SMILES string of the molecule is CC(C)(C)CC(C(=O)NC1(C#N)CCN(CCc2ccccc2)CC1)C1COCCN1C(N)=O. The number of nitrogens with one attached hydrogen (secondary N) is 1. The minimum Gasteiger partial charge on any atom is -0.377 e. The maximum atomic E-state index is 13.6. The first-order valence-electron chi connectivity index (χ1n) is 12.3. The highest BCUT2D eigenvalue weighted by Crippen LogP contribution is 2.31. The molecule has 8 nitrogen and oxygen atoms in total. The molecule has 0 spiro atoms. The Labute approximate surface area is 203 Å². The van der Waals surface area contributed by atoms with Gasteiger partial charge in [0.15, 0.2) is 0 Å². The van der Waals surface area contributed by atoms with E-state index < -0.39 is 23.5 Å². The first kappa shape index (κ1) is 26.0. The van der Waals surface area contributed by atoms with Gasteiger partial charge in [-0.05, 0) is 36.7 Å². The van der Waals surface area contributed by atoms with Crippen molar-refractivity contribution in [1.82, 2.24) is 15.1 Å². The summed E-state index contributed by atoms with van der Waals surface area (Å²) in [6, 6.07) is 11.8. The highest BCUT2D eigenvalue weighted by atomic mass is 16.5. The second kappa shape index (κ2) is 11.2. The molecule has 186 valence electrons. The van der Waals surface area contributed by atoms with Crippen LogP contribution in [0.15, 0.2) is 30.3 Å². The van der Waals surface area contributed by atoms with Gasteiger partial charge < -0.3 is 25.6 Å². The molecule has 3 amide bonds. The molecular weight excluding hydrogens is 430 g/mol. The van der Waals surface area contributed by atoms with Crippen LogP contribution in [0.1, 0.15) is 45.6 Å². The van der Waals surface area contributed by atoms with Crippen molar-refractivity contribution in [2.75, 3.05) is 39.4 Å². The zero-order chi connectivity index (χ0) is 24.8. The number of benzene rings is 1. The van der Waals surface area contributed by atoms with E-state index in [1.165, 1.54) is 5.56 Å². The molecule has 2 saturated heterocycles. The lowest BCUT2D eigenvalue weighted by Gasteiger charge is -2.43. The van der Waals surface area contributed by atoms with E-state index in [0.717, 1.165) is 26.1 Å². The Hall–Kier alpha value is -2.63. The van der Waals surface area contributed by atoms with Crippen molar-refractivity contribution in [1.29, 1.82) is 5.26 Å². The van der Waals surface area contributed by atoms with Crippen molar-refractivity contribution < 1.29 is 14.3 Å². The van der Waals surface area contributed by atoms with Crippen LogP contribution in [0, 0.1) is 22.7 Å². The lowest BCUT2D eigenvalue weighted by atomic mass is 9.79. The van der Waals surface area contributed by atoms with E-state index in [2.05, 4.69) is 49.2 Å². The van der Waals surface area contributed by atoms with Crippen LogP contribution in [0.2, 0.25) is 0 Å². The third kappa shape index (κ3) is 6.94. The fourth-order valence-corrected chi connectivity index (χ4v) is 4.98. The number of hydrogen-bond donors (Lipinski definition) is 2. The summed E-state index contributed by atoms with van der Waals surface area (Å²) in [7, 11) is 0. The molecule has 2 fully saturated rings. The van der Waals surface area contributed by atoms with Gasteiger partial charge in [-0.1, -0.05) is 51.1 Å². The number of likely N-dealkylation sites (tertiary alicyclic amines) is 1. The molecule has 2 heterocycles. The van der Waals surface area contributed by atoms with Gasteiger partial charge in [0, 0.05) is 26.2 Å². The van der Waals surface area contributed by atoms with Crippen molar-refractivity contribution in [3.8, 4) is 6.07 Å². The number of urea groups is 1. The van der Waals surface area contributed by atoms with Crippen LogP contribution in [0.5, 0.6) is 0 Å². The lowest BCUT2D eigenvalue weighted by molar-refractivity contribution is -0.132. The molecule has 0 radical (unpaired) electrons. The number of hydrogen-bond acceptors (Lipinski definition) is 5. The molecule has 3 N–H and O–H groups in total. The molecule has 1 aromatic carbocycles. The van der Waals surface area contributed by atoms with Crippen LogP contribution >= 0.6 is 0 Å². The number of nitrogens with two attached hydrogens (primary N) is 1. The maximum Gasteiger partial charge on any atom is 0.315 e. The predicted molar refractivity (Wildman–Crippen MR) is 131 cm³/mol. The Morgan fingerprint density at radius 2 is 1.91 bits per heavy atom. The van der Waals surface area contributed by atoms with Crippen LogP contribution in [0.3, 0.4) is 0 Å². The highest BCUT2D eigenvalue weighted by Gasteiger charge is 2.43. The molecule has 34 heavy (non-hydrogen) atoms. The van der Waals surface area contributed by atoms with E-state index in [-0.39, 0.29) is 17.9 Å². The third-order valence-corrected chi connectivity index (χ3v) is 6.93. The van der Waals surface area contributed by atoms with Crippen molar-refractivity contribution in [2.45, 2.75) is 58.0 Å². The number of amides is 3. The fourth-order valence-electron chi connectivity index (χ4n) is 4.98. The van der Waals surface area contributed by atoms with Crippen LogP contribution < -0.4 is 11.1 Å². The number of carbonyl (C=O) groups excluding carboxylic acids is 2. The van der Waals surface area contributed by atoms with Gasteiger partial charge >= 0.3 is 6.03 Å². The van der Waals surface area contributed by atoms with Crippen LogP contribution in [-0.4, -0.2) is 72.7 Å². The van der Waals surface area contributed by atoms with Crippen molar-refractivity contribution >= 4 is 11.9 Å². The van der Waals surface area contributed by atoms with E-state index >= 15 is 0 Å². The quantitative estimate of drug-likeness (QED) is 0.637. The monoisotopic (exact) mass is 469 g/mol. The molecule has 3 rings (SSSR count). The van der Waals surface area contributed by atoms with Crippen LogP contribution in [0.4, 0.5) is 4.79 Å². The molecule has 2 unspecified atom stereocenters. The summed E-state index contributed by atoms with van der Waals surface area (Å²) in [5.74, 6) is -0.704. The Morgan fingerprint density at radius 3 is 2.50 bits per heavy atom. The first-order valence-corrected chi connectivity index (χ1v) is 12.3. The van der Waals surface area contributed by atoms with Crippen molar-refractivity contribution in [2.24, 2.45) is 17.1 Å². The Morgan fingerprint density at radius 1 is 1.24 bits per heavy atom. The Kier molecular flexibility index (Phi) is 8.56. The summed E-state index contributed by atoms with van der Waals surface area (Å²) in [4.78, 5) is 29.6. The van der Waals surface area contributed by atoms with Crippen LogP contribution in [-0.2, 0) is 16.0 Å². The average molecular weight is 470 g/mol.